The highest BCUT2D eigenvalue weighted by molar-refractivity contribution is 7.33. The number of alkyl halides is 1. The van der Waals surface area contributed by atoms with Gasteiger partial charge in [-0.3, -0.25) is 0 Å². The van der Waals surface area contributed by atoms with E-state index in [1.54, 1.807) is 0 Å². The minimum Gasteiger partial charge on any atom is -0.150 e. The highest BCUT2D eigenvalue weighted by Gasteiger charge is 2.05. The maximum absolute atomic E-state index is 5.64. The van der Waals surface area contributed by atoms with Crippen molar-refractivity contribution in [3.8, 4) is 0 Å². The number of rotatable bonds is 4. The first-order valence-corrected chi connectivity index (χ1v) is 7.85. The number of hydrogen-bond acceptors (Lipinski definition) is 0. The van der Waals surface area contributed by atoms with E-state index in [9.17, 15) is 0 Å². The van der Waals surface area contributed by atoms with E-state index in [4.69, 9.17) is 33.8 Å². The Bertz CT molecular complexity index is 67.2. The zero-order valence-electron chi connectivity index (χ0n) is 5.41. The first kappa shape index (κ1) is 10.1. The van der Waals surface area contributed by atoms with Gasteiger partial charge >= 0.3 is 0 Å². The molecule has 0 aliphatic rings. The second kappa shape index (κ2) is 5.84. The predicted octanol–water partition coefficient (Wildman–Crippen LogP) is 2.95. The van der Waals surface area contributed by atoms with Gasteiger partial charge in [-0.2, -0.15) is 22.2 Å². The van der Waals surface area contributed by atoms with Gasteiger partial charge in [-0.1, -0.05) is 6.92 Å². The molecule has 0 aliphatic heterocycles. The number of hydrogen-bond donors (Lipinski definition) is 0. The molecule has 9 heavy (non-hydrogen) atoms. The molecule has 0 fully saturated rings. The maximum atomic E-state index is 5.64. The molecular weight excluding hydrogens is 194 g/mol. The standard InChI is InChI=1S/C5H11Cl3Si/c1-5(4-6)2-3-9(7)8/h5,9H,2-4H2,1H3. The quantitative estimate of drug-likeness (QED) is 0.376. The molecule has 0 radical (unpaired) electrons. The molecule has 0 nitrogen and oxygen atoms in total. The molecule has 0 aromatic heterocycles. The lowest BCUT2D eigenvalue weighted by Crippen LogP contribution is -2.00. The third-order valence-corrected chi connectivity index (χ3v) is 3.75. The van der Waals surface area contributed by atoms with Crippen LogP contribution in [0.2, 0.25) is 6.04 Å². The molecule has 0 rings (SSSR count). The molecule has 0 aromatic rings. The summed E-state index contributed by atoms with van der Waals surface area (Å²) < 4.78 is 0. The zero-order valence-corrected chi connectivity index (χ0v) is 8.83. The molecule has 0 heterocycles. The van der Waals surface area contributed by atoms with Crippen LogP contribution in [0.25, 0.3) is 0 Å². The molecule has 0 aliphatic carbocycles. The topological polar surface area (TPSA) is 0 Å². The fourth-order valence-corrected chi connectivity index (χ4v) is 2.22. The lowest BCUT2D eigenvalue weighted by atomic mass is 10.2. The molecular formula is C5H11Cl3Si. The van der Waals surface area contributed by atoms with Gasteiger partial charge in [-0.15, -0.1) is 11.6 Å². The van der Waals surface area contributed by atoms with Crippen LogP contribution in [0.15, 0.2) is 0 Å². The van der Waals surface area contributed by atoms with Crippen molar-refractivity contribution in [2.24, 2.45) is 5.92 Å². The summed E-state index contributed by atoms with van der Waals surface area (Å²) in [6, 6.07) is 0.983. The van der Waals surface area contributed by atoms with Crippen LogP contribution in [-0.2, 0) is 0 Å². The van der Waals surface area contributed by atoms with E-state index >= 15 is 0 Å². The van der Waals surface area contributed by atoms with E-state index in [2.05, 4.69) is 6.92 Å². The lowest BCUT2D eigenvalue weighted by molar-refractivity contribution is 0.631. The van der Waals surface area contributed by atoms with Crippen molar-refractivity contribution < 1.29 is 0 Å². The minimum absolute atomic E-state index is 0.569. The largest absolute Gasteiger partial charge is 0.237 e. The van der Waals surface area contributed by atoms with Crippen LogP contribution in [0.4, 0.5) is 0 Å². The van der Waals surface area contributed by atoms with Gasteiger partial charge in [-0.25, -0.2) is 0 Å². The average Bonchev–Trinajstić information content (AvgIpc) is 1.83. The highest BCUT2D eigenvalue weighted by Crippen LogP contribution is 2.13. The molecule has 0 saturated heterocycles. The van der Waals surface area contributed by atoms with Gasteiger partial charge in [0.25, 0.3) is 0 Å². The van der Waals surface area contributed by atoms with E-state index in [0.717, 1.165) is 18.3 Å². The van der Waals surface area contributed by atoms with Crippen LogP contribution >= 0.6 is 33.8 Å². The Hall–Kier alpha value is 1.09. The maximum Gasteiger partial charge on any atom is 0.237 e. The van der Waals surface area contributed by atoms with Crippen molar-refractivity contribution in [1.82, 2.24) is 0 Å². The van der Waals surface area contributed by atoms with Crippen molar-refractivity contribution in [1.29, 1.82) is 0 Å². The van der Waals surface area contributed by atoms with Crippen LogP contribution in [0.3, 0.4) is 0 Å². The second-order valence-electron chi connectivity index (χ2n) is 2.23. The molecule has 0 saturated carbocycles. The Morgan fingerprint density at radius 1 is 1.44 bits per heavy atom. The molecule has 0 spiro atoms. The summed E-state index contributed by atoms with van der Waals surface area (Å²) in [6.45, 7) is 2.11. The van der Waals surface area contributed by atoms with Gasteiger partial charge in [0, 0.05) is 5.88 Å². The van der Waals surface area contributed by atoms with E-state index in [1.165, 1.54) is 0 Å². The van der Waals surface area contributed by atoms with Crippen molar-refractivity contribution in [2.45, 2.75) is 19.4 Å². The molecule has 0 bridgehead atoms. The first-order chi connectivity index (χ1) is 4.16. The molecule has 56 valence electrons. The summed E-state index contributed by atoms with van der Waals surface area (Å²) in [5.74, 6) is 1.29. The van der Waals surface area contributed by atoms with Gasteiger partial charge < -0.3 is 0 Å². The summed E-state index contributed by atoms with van der Waals surface area (Å²) in [7, 11) is -1.35. The van der Waals surface area contributed by atoms with Gasteiger partial charge in [0.15, 0.2) is 0 Å². The molecule has 0 amide bonds. The lowest BCUT2D eigenvalue weighted by Gasteiger charge is -2.04. The summed E-state index contributed by atoms with van der Waals surface area (Å²) in [5, 5.41) is 0. The van der Waals surface area contributed by atoms with E-state index < -0.39 is 7.42 Å². The number of halogens is 3. The van der Waals surface area contributed by atoms with Crippen molar-refractivity contribution in [3.63, 3.8) is 0 Å². The van der Waals surface area contributed by atoms with Gasteiger partial charge in [0.2, 0.25) is 7.42 Å². The van der Waals surface area contributed by atoms with Crippen LogP contribution in [0, 0.1) is 5.92 Å². The zero-order chi connectivity index (χ0) is 7.28. The third kappa shape index (κ3) is 6.98. The molecule has 1 unspecified atom stereocenters. The second-order valence-corrected chi connectivity index (χ2v) is 7.73. The minimum atomic E-state index is -1.35. The Balaban J connectivity index is 3.06. The Morgan fingerprint density at radius 2 is 2.00 bits per heavy atom. The van der Waals surface area contributed by atoms with Crippen molar-refractivity contribution in [2.75, 3.05) is 5.88 Å². The van der Waals surface area contributed by atoms with Crippen LogP contribution < -0.4 is 0 Å². The summed E-state index contributed by atoms with van der Waals surface area (Å²) >= 11 is 16.8. The van der Waals surface area contributed by atoms with Crippen molar-refractivity contribution >= 4 is 41.2 Å². The van der Waals surface area contributed by atoms with E-state index in [-0.39, 0.29) is 0 Å². The fourth-order valence-electron chi connectivity index (χ4n) is 0.488. The van der Waals surface area contributed by atoms with Gasteiger partial charge in [0.1, 0.15) is 0 Å². The Labute approximate surface area is 72.5 Å². The van der Waals surface area contributed by atoms with Gasteiger partial charge in [-0.05, 0) is 18.4 Å². The predicted molar refractivity (Wildman–Crippen MR) is 48.2 cm³/mol. The fraction of sp³-hybridized carbons (Fsp3) is 1.00. The Morgan fingerprint density at radius 3 is 2.33 bits per heavy atom. The SMILES string of the molecule is CC(CCl)CC[SiH](Cl)Cl. The van der Waals surface area contributed by atoms with Crippen LogP contribution in [0.5, 0.6) is 0 Å². The first-order valence-electron chi connectivity index (χ1n) is 3.01. The monoisotopic (exact) mass is 204 g/mol. The molecule has 0 N–H and O–H groups in total. The van der Waals surface area contributed by atoms with Gasteiger partial charge in [0.05, 0.1) is 0 Å². The summed E-state index contributed by atoms with van der Waals surface area (Å²) in [6.07, 6.45) is 1.08. The summed E-state index contributed by atoms with van der Waals surface area (Å²) in [5.41, 5.74) is 0. The van der Waals surface area contributed by atoms with Crippen LogP contribution in [0.1, 0.15) is 13.3 Å². The molecule has 1 atom stereocenters. The van der Waals surface area contributed by atoms with E-state index in [1.807, 2.05) is 0 Å². The normalized spacial score (nSPS) is 14.3. The highest BCUT2D eigenvalue weighted by atomic mass is 35.7. The average molecular weight is 206 g/mol. The van der Waals surface area contributed by atoms with Crippen molar-refractivity contribution in [3.05, 3.63) is 0 Å². The summed E-state index contributed by atoms with van der Waals surface area (Å²) in [4.78, 5) is 0. The molecule has 4 heteroatoms. The Kier molecular flexibility index (Phi) is 6.55. The van der Waals surface area contributed by atoms with E-state index in [0.29, 0.717) is 5.92 Å². The third-order valence-electron chi connectivity index (χ3n) is 1.14. The smallest absolute Gasteiger partial charge is 0.150 e. The molecule has 0 aromatic carbocycles. The van der Waals surface area contributed by atoms with Crippen LogP contribution in [-0.4, -0.2) is 13.3 Å².